The number of carboxylic acid groups (broad SMARTS) is 1. The van der Waals surface area contributed by atoms with Gasteiger partial charge in [-0.15, -0.1) is 0 Å². The second kappa shape index (κ2) is 12.0. The van der Waals surface area contributed by atoms with Gasteiger partial charge in [0, 0.05) is 24.7 Å². The van der Waals surface area contributed by atoms with Gasteiger partial charge in [-0.2, -0.15) is 0 Å². The van der Waals surface area contributed by atoms with Gasteiger partial charge in [0.25, 0.3) is 0 Å². The van der Waals surface area contributed by atoms with Crippen molar-refractivity contribution in [3.05, 3.63) is 24.3 Å². The minimum Gasteiger partial charge on any atom is -0.481 e. The van der Waals surface area contributed by atoms with Gasteiger partial charge in [0.2, 0.25) is 0 Å². The first-order valence-corrected chi connectivity index (χ1v) is 9.39. The van der Waals surface area contributed by atoms with Gasteiger partial charge in [-0.25, -0.2) is 0 Å². The molecule has 5 nitrogen and oxygen atoms in total. The molecule has 4 atom stereocenters. The van der Waals surface area contributed by atoms with Crippen LogP contribution in [-0.4, -0.2) is 39.3 Å². The zero-order chi connectivity index (χ0) is 18.7. The van der Waals surface area contributed by atoms with Crippen molar-refractivity contribution in [3.8, 4) is 0 Å². The van der Waals surface area contributed by atoms with Gasteiger partial charge in [-0.3, -0.25) is 9.59 Å². The van der Waals surface area contributed by atoms with Crippen molar-refractivity contribution in [3.63, 3.8) is 0 Å². The van der Waals surface area contributed by atoms with Crippen molar-refractivity contribution in [2.45, 2.75) is 76.9 Å². The van der Waals surface area contributed by atoms with Crippen molar-refractivity contribution >= 4 is 11.8 Å². The van der Waals surface area contributed by atoms with Crippen molar-refractivity contribution in [2.24, 2.45) is 11.8 Å². The summed E-state index contributed by atoms with van der Waals surface area (Å²) < 4.78 is 0. The van der Waals surface area contributed by atoms with Gasteiger partial charge in [-0.05, 0) is 25.7 Å². The second-order valence-corrected chi connectivity index (χ2v) is 6.87. The van der Waals surface area contributed by atoms with Crippen molar-refractivity contribution in [1.29, 1.82) is 0 Å². The highest BCUT2D eigenvalue weighted by molar-refractivity contribution is 5.86. The summed E-state index contributed by atoms with van der Waals surface area (Å²) in [5.74, 6) is -1.29. The standard InChI is InChI=1S/C20H32O5/c1-2-3-6-9-15(21)12-13-17-16(18(22)14-19(17)23)10-7-4-5-8-11-20(24)25/h4,7,12-13,15-18,21-22H,2-3,5-6,8-11,14H2,1H3,(H,24,25)/b7-4-,13-12+. The molecule has 25 heavy (non-hydrogen) atoms. The molecule has 3 N–H and O–H groups in total. The molecule has 0 radical (unpaired) electrons. The van der Waals surface area contributed by atoms with Crippen LogP contribution in [0.1, 0.15) is 64.7 Å². The number of aliphatic carboxylic acids is 1. The molecule has 0 aromatic carbocycles. The Hall–Kier alpha value is -1.46. The van der Waals surface area contributed by atoms with Crippen molar-refractivity contribution < 1.29 is 24.9 Å². The van der Waals surface area contributed by atoms with E-state index in [4.69, 9.17) is 5.11 Å². The van der Waals surface area contributed by atoms with Crippen LogP contribution in [0.25, 0.3) is 0 Å². The molecule has 0 heterocycles. The van der Waals surface area contributed by atoms with E-state index in [9.17, 15) is 19.8 Å². The number of carbonyl (C=O) groups is 2. The Morgan fingerprint density at radius 3 is 2.72 bits per heavy atom. The van der Waals surface area contributed by atoms with Crippen LogP contribution in [-0.2, 0) is 9.59 Å². The first-order chi connectivity index (χ1) is 12.0. The quantitative estimate of drug-likeness (QED) is 0.370. The van der Waals surface area contributed by atoms with Crippen LogP contribution in [0.15, 0.2) is 24.3 Å². The maximum Gasteiger partial charge on any atom is 0.303 e. The summed E-state index contributed by atoms with van der Waals surface area (Å²) in [6.07, 6.45) is 12.1. The average Bonchev–Trinajstić information content (AvgIpc) is 2.82. The SMILES string of the molecule is CCCCCC(O)/C=C/C1C(=O)CC(O)C1C/C=C\CCCC(=O)O. The Morgan fingerprint density at radius 2 is 2.04 bits per heavy atom. The number of rotatable bonds is 12. The third-order valence-electron chi connectivity index (χ3n) is 4.72. The van der Waals surface area contributed by atoms with Crippen LogP contribution in [0.2, 0.25) is 0 Å². The molecule has 0 amide bonds. The molecular formula is C20H32O5. The maximum absolute atomic E-state index is 12.1. The van der Waals surface area contributed by atoms with E-state index in [0.29, 0.717) is 25.7 Å². The first-order valence-electron chi connectivity index (χ1n) is 9.39. The Morgan fingerprint density at radius 1 is 1.28 bits per heavy atom. The number of unbranched alkanes of at least 4 members (excludes halogenated alkanes) is 3. The summed E-state index contributed by atoms with van der Waals surface area (Å²) in [6, 6.07) is 0. The first kappa shape index (κ1) is 21.6. The smallest absolute Gasteiger partial charge is 0.303 e. The van der Waals surface area contributed by atoms with E-state index in [1.807, 2.05) is 12.2 Å². The van der Waals surface area contributed by atoms with Crippen LogP contribution in [0, 0.1) is 11.8 Å². The molecule has 0 spiro atoms. The minimum atomic E-state index is -0.798. The van der Waals surface area contributed by atoms with E-state index in [1.165, 1.54) is 0 Å². The fourth-order valence-electron chi connectivity index (χ4n) is 3.22. The van der Waals surface area contributed by atoms with E-state index in [2.05, 4.69) is 6.92 Å². The molecule has 1 saturated carbocycles. The molecule has 0 bridgehead atoms. The zero-order valence-corrected chi connectivity index (χ0v) is 15.1. The van der Waals surface area contributed by atoms with Gasteiger partial charge >= 0.3 is 5.97 Å². The predicted octanol–water partition coefficient (Wildman–Crippen LogP) is 3.25. The molecule has 4 unspecified atom stereocenters. The topological polar surface area (TPSA) is 94.8 Å². The third-order valence-corrected chi connectivity index (χ3v) is 4.72. The molecular weight excluding hydrogens is 320 g/mol. The lowest BCUT2D eigenvalue weighted by atomic mass is 9.90. The molecule has 5 heteroatoms. The Kier molecular flexibility index (Phi) is 10.3. The fourth-order valence-corrected chi connectivity index (χ4v) is 3.22. The van der Waals surface area contributed by atoms with E-state index >= 15 is 0 Å². The molecule has 1 rings (SSSR count). The maximum atomic E-state index is 12.1. The zero-order valence-electron chi connectivity index (χ0n) is 15.1. The number of ketones is 1. The molecule has 0 saturated heterocycles. The Labute approximate surface area is 150 Å². The highest BCUT2D eigenvalue weighted by atomic mass is 16.4. The lowest BCUT2D eigenvalue weighted by Gasteiger charge is -2.17. The molecule has 1 aliphatic carbocycles. The van der Waals surface area contributed by atoms with Crippen LogP contribution in [0.3, 0.4) is 0 Å². The van der Waals surface area contributed by atoms with Gasteiger partial charge in [0.1, 0.15) is 5.78 Å². The molecule has 1 fully saturated rings. The van der Waals surface area contributed by atoms with E-state index in [1.54, 1.807) is 12.2 Å². The second-order valence-electron chi connectivity index (χ2n) is 6.87. The predicted molar refractivity (Wildman–Crippen MR) is 97.1 cm³/mol. The minimum absolute atomic E-state index is 0.0220. The van der Waals surface area contributed by atoms with Gasteiger partial charge in [0.15, 0.2) is 0 Å². The summed E-state index contributed by atoms with van der Waals surface area (Å²) in [5, 5.41) is 28.7. The fraction of sp³-hybridized carbons (Fsp3) is 0.700. The largest absolute Gasteiger partial charge is 0.481 e. The molecule has 0 aromatic heterocycles. The number of Topliss-reactive ketones (excluding diaryl/α,β-unsaturated/α-hetero) is 1. The summed E-state index contributed by atoms with van der Waals surface area (Å²) in [7, 11) is 0. The number of aliphatic hydroxyl groups excluding tert-OH is 2. The van der Waals surface area contributed by atoms with Crippen LogP contribution in [0.4, 0.5) is 0 Å². The molecule has 0 aromatic rings. The van der Waals surface area contributed by atoms with Crippen LogP contribution < -0.4 is 0 Å². The summed E-state index contributed by atoms with van der Waals surface area (Å²) in [5.41, 5.74) is 0. The van der Waals surface area contributed by atoms with E-state index in [-0.39, 0.29) is 30.5 Å². The lowest BCUT2D eigenvalue weighted by Crippen LogP contribution is -2.19. The average molecular weight is 352 g/mol. The van der Waals surface area contributed by atoms with Crippen LogP contribution >= 0.6 is 0 Å². The monoisotopic (exact) mass is 352 g/mol. The van der Waals surface area contributed by atoms with Gasteiger partial charge in [-0.1, -0.05) is 50.5 Å². The normalized spacial score (nSPS) is 25.2. The Bertz CT molecular complexity index is 469. The van der Waals surface area contributed by atoms with Crippen molar-refractivity contribution in [1.82, 2.24) is 0 Å². The number of hydrogen-bond acceptors (Lipinski definition) is 4. The van der Waals surface area contributed by atoms with E-state index in [0.717, 1.165) is 19.3 Å². The summed E-state index contributed by atoms with van der Waals surface area (Å²) in [4.78, 5) is 22.5. The Balaban J connectivity index is 2.48. The van der Waals surface area contributed by atoms with Gasteiger partial charge in [0.05, 0.1) is 12.2 Å². The third kappa shape index (κ3) is 8.45. The summed E-state index contributed by atoms with van der Waals surface area (Å²) >= 11 is 0. The number of aliphatic hydroxyl groups is 2. The number of carboxylic acids is 1. The molecule has 0 aliphatic heterocycles. The van der Waals surface area contributed by atoms with E-state index < -0.39 is 18.2 Å². The number of allylic oxidation sites excluding steroid dienone is 3. The molecule has 142 valence electrons. The van der Waals surface area contributed by atoms with Crippen LogP contribution in [0.5, 0.6) is 0 Å². The lowest BCUT2D eigenvalue weighted by molar-refractivity contribution is -0.137. The highest BCUT2D eigenvalue weighted by Crippen LogP contribution is 2.33. The summed E-state index contributed by atoms with van der Waals surface area (Å²) in [6.45, 7) is 2.11. The number of hydrogen-bond donors (Lipinski definition) is 3. The van der Waals surface area contributed by atoms with Gasteiger partial charge < -0.3 is 15.3 Å². The highest BCUT2D eigenvalue weighted by Gasteiger charge is 2.39. The molecule has 1 aliphatic rings. The van der Waals surface area contributed by atoms with Crippen molar-refractivity contribution in [2.75, 3.05) is 0 Å². The number of carbonyl (C=O) groups excluding carboxylic acids is 1.